The summed E-state index contributed by atoms with van der Waals surface area (Å²) in [4.78, 5) is 0. The third-order valence-corrected chi connectivity index (χ3v) is 5.41. The number of hydrogen-bond donors (Lipinski definition) is 0. The molecule has 0 aromatic heterocycles. The molecular weight excluding hydrogens is 271 g/mol. The van der Waals surface area contributed by atoms with Crippen LogP contribution in [0.3, 0.4) is 0 Å². The zero-order valence-corrected chi connectivity index (χ0v) is 14.0. The fourth-order valence-electron chi connectivity index (χ4n) is 2.36. The van der Waals surface area contributed by atoms with Crippen LogP contribution in [0.1, 0.15) is 51.9 Å². The molecule has 0 aromatic rings. The van der Waals surface area contributed by atoms with Gasteiger partial charge in [0.2, 0.25) is 0 Å². The van der Waals surface area contributed by atoms with E-state index in [1.807, 2.05) is 6.08 Å². The lowest BCUT2D eigenvalue weighted by molar-refractivity contribution is 0.286. The molecule has 0 bridgehead atoms. The first-order valence-corrected chi connectivity index (χ1v) is 9.32. The van der Waals surface area contributed by atoms with Crippen molar-refractivity contribution in [2.45, 2.75) is 51.9 Å². The first kappa shape index (κ1) is 17.7. The fourth-order valence-corrected chi connectivity index (χ4v) is 3.13. The van der Waals surface area contributed by atoms with Gasteiger partial charge in [0.1, 0.15) is 0 Å². The maximum atomic E-state index is 11.8. The van der Waals surface area contributed by atoms with Crippen LogP contribution in [0.15, 0.2) is 24.0 Å². The second kappa shape index (κ2) is 9.55. The van der Waals surface area contributed by atoms with Gasteiger partial charge in [0.15, 0.2) is 0 Å². The van der Waals surface area contributed by atoms with E-state index < -0.39 is 7.60 Å². The Morgan fingerprint density at radius 1 is 1.20 bits per heavy atom. The topological polar surface area (TPSA) is 35.5 Å². The van der Waals surface area contributed by atoms with E-state index in [0.29, 0.717) is 0 Å². The van der Waals surface area contributed by atoms with Crippen LogP contribution in [-0.2, 0) is 13.6 Å². The molecule has 0 heterocycles. The quantitative estimate of drug-likeness (QED) is 0.285. The minimum atomic E-state index is -2.99. The summed E-state index contributed by atoms with van der Waals surface area (Å²) in [6.07, 6.45) is 15.2. The molecule has 0 aromatic carbocycles. The number of rotatable bonds is 11. The summed E-state index contributed by atoms with van der Waals surface area (Å²) in [5.41, 5.74) is 0. The van der Waals surface area contributed by atoms with Crippen molar-refractivity contribution >= 4 is 7.60 Å². The van der Waals surface area contributed by atoms with Crippen molar-refractivity contribution in [3.8, 4) is 0 Å². The van der Waals surface area contributed by atoms with E-state index in [1.54, 1.807) is 5.82 Å². The first-order valence-electron chi connectivity index (χ1n) is 7.70. The van der Waals surface area contributed by atoms with E-state index in [-0.39, 0.29) is 0 Å². The molecule has 1 atom stereocenters. The monoisotopic (exact) mass is 300 g/mol. The third-order valence-electron chi connectivity index (χ3n) is 3.82. The molecule has 1 fully saturated rings. The van der Waals surface area contributed by atoms with Gasteiger partial charge in [-0.15, -0.1) is 0 Å². The maximum absolute atomic E-state index is 11.8. The van der Waals surface area contributed by atoms with Crippen molar-refractivity contribution in [1.29, 1.82) is 0 Å². The summed E-state index contributed by atoms with van der Waals surface area (Å²) in [7, 11) is -0.180. The SMILES string of the molecule is CCCCCC(/C=C/C/C=C\P(=O)(OC)OC)C1CC1. The van der Waals surface area contributed by atoms with Gasteiger partial charge in [-0.1, -0.05) is 44.4 Å². The van der Waals surface area contributed by atoms with Gasteiger partial charge in [0, 0.05) is 20.0 Å². The van der Waals surface area contributed by atoms with Crippen molar-refractivity contribution in [3.63, 3.8) is 0 Å². The fraction of sp³-hybridized carbons (Fsp3) is 0.750. The van der Waals surface area contributed by atoms with E-state index in [2.05, 4.69) is 19.1 Å². The molecule has 20 heavy (non-hydrogen) atoms. The van der Waals surface area contributed by atoms with Gasteiger partial charge in [0.05, 0.1) is 0 Å². The Morgan fingerprint density at radius 3 is 2.45 bits per heavy atom. The van der Waals surface area contributed by atoms with Gasteiger partial charge in [-0.05, 0) is 37.5 Å². The Bertz CT molecular complexity index is 351. The Kier molecular flexibility index (Phi) is 8.44. The van der Waals surface area contributed by atoms with Crippen molar-refractivity contribution in [3.05, 3.63) is 24.0 Å². The summed E-state index contributed by atoms with van der Waals surface area (Å²) in [5, 5.41) is 0. The molecule has 0 N–H and O–H groups in total. The number of allylic oxidation sites excluding steroid dienone is 3. The predicted molar refractivity (Wildman–Crippen MR) is 84.9 cm³/mol. The third kappa shape index (κ3) is 6.88. The predicted octanol–water partition coefficient (Wildman–Crippen LogP) is 5.54. The van der Waals surface area contributed by atoms with Crippen LogP contribution >= 0.6 is 7.60 Å². The van der Waals surface area contributed by atoms with Gasteiger partial charge in [0.25, 0.3) is 0 Å². The lowest BCUT2D eigenvalue weighted by Gasteiger charge is -2.10. The van der Waals surface area contributed by atoms with E-state index in [0.717, 1.165) is 18.3 Å². The van der Waals surface area contributed by atoms with Gasteiger partial charge in [-0.3, -0.25) is 4.57 Å². The molecule has 1 aliphatic rings. The highest BCUT2D eigenvalue weighted by molar-refractivity contribution is 7.57. The van der Waals surface area contributed by atoms with Crippen LogP contribution in [0.25, 0.3) is 0 Å². The van der Waals surface area contributed by atoms with Gasteiger partial charge in [-0.25, -0.2) is 0 Å². The Balaban J connectivity index is 2.33. The Morgan fingerprint density at radius 2 is 1.90 bits per heavy atom. The Hall–Kier alpha value is -0.370. The van der Waals surface area contributed by atoms with E-state index >= 15 is 0 Å². The largest absolute Gasteiger partial charge is 0.353 e. The molecule has 0 spiro atoms. The number of hydrogen-bond acceptors (Lipinski definition) is 3. The second-order valence-corrected chi connectivity index (χ2v) is 7.56. The Labute approximate surface area is 124 Å². The van der Waals surface area contributed by atoms with Gasteiger partial charge >= 0.3 is 7.60 Å². The molecule has 0 radical (unpaired) electrons. The summed E-state index contributed by atoms with van der Waals surface area (Å²) < 4.78 is 21.5. The van der Waals surface area contributed by atoms with Crippen LogP contribution in [-0.4, -0.2) is 14.2 Å². The molecule has 116 valence electrons. The average molecular weight is 300 g/mol. The molecule has 0 aliphatic heterocycles. The van der Waals surface area contributed by atoms with Gasteiger partial charge in [-0.2, -0.15) is 0 Å². The zero-order chi connectivity index (χ0) is 14.8. The van der Waals surface area contributed by atoms with E-state index in [9.17, 15) is 4.57 Å². The molecule has 1 unspecified atom stereocenters. The van der Waals surface area contributed by atoms with Crippen LogP contribution in [0.5, 0.6) is 0 Å². The maximum Gasteiger partial charge on any atom is 0.353 e. The molecular formula is C16H29O3P. The molecule has 3 nitrogen and oxygen atoms in total. The average Bonchev–Trinajstić information content (AvgIpc) is 3.29. The lowest BCUT2D eigenvalue weighted by Crippen LogP contribution is -1.98. The first-order chi connectivity index (χ1) is 9.65. The molecule has 0 amide bonds. The molecule has 1 saturated carbocycles. The van der Waals surface area contributed by atoms with E-state index in [1.165, 1.54) is 52.7 Å². The minimum Gasteiger partial charge on any atom is -0.309 e. The summed E-state index contributed by atoms with van der Waals surface area (Å²) in [6, 6.07) is 0. The van der Waals surface area contributed by atoms with Gasteiger partial charge < -0.3 is 9.05 Å². The molecule has 4 heteroatoms. The summed E-state index contributed by atoms with van der Waals surface area (Å²) >= 11 is 0. The van der Waals surface area contributed by atoms with Crippen molar-refractivity contribution < 1.29 is 13.6 Å². The van der Waals surface area contributed by atoms with Crippen LogP contribution in [0.2, 0.25) is 0 Å². The van der Waals surface area contributed by atoms with Crippen LogP contribution in [0.4, 0.5) is 0 Å². The second-order valence-electron chi connectivity index (χ2n) is 5.45. The standard InChI is InChI=1S/C16H29O3P/c1-4-5-7-10-15(16-12-13-16)11-8-6-9-14-20(17,18-2)19-3/h8-9,11,14-16H,4-7,10,12-13H2,1-3H3/b11-8+,14-9-. The summed E-state index contributed by atoms with van der Waals surface area (Å²) in [6.45, 7) is 2.25. The van der Waals surface area contributed by atoms with Crippen molar-refractivity contribution in [1.82, 2.24) is 0 Å². The number of unbranched alkanes of at least 4 members (excludes halogenated alkanes) is 2. The molecule has 0 saturated heterocycles. The molecule has 1 rings (SSSR count). The molecule has 1 aliphatic carbocycles. The van der Waals surface area contributed by atoms with Crippen LogP contribution < -0.4 is 0 Å². The highest BCUT2D eigenvalue weighted by Crippen LogP contribution is 2.48. The van der Waals surface area contributed by atoms with Crippen molar-refractivity contribution in [2.24, 2.45) is 11.8 Å². The lowest BCUT2D eigenvalue weighted by atomic mass is 9.95. The smallest absolute Gasteiger partial charge is 0.309 e. The van der Waals surface area contributed by atoms with E-state index in [4.69, 9.17) is 9.05 Å². The normalized spacial score (nSPS) is 18.1. The zero-order valence-electron chi connectivity index (χ0n) is 13.1. The van der Waals surface area contributed by atoms with Crippen molar-refractivity contribution in [2.75, 3.05) is 14.2 Å². The van der Waals surface area contributed by atoms with Crippen LogP contribution in [0, 0.1) is 11.8 Å². The summed E-state index contributed by atoms with van der Waals surface area (Å²) in [5.74, 6) is 3.20. The highest BCUT2D eigenvalue weighted by atomic mass is 31.2. The minimum absolute atomic E-state index is 0.742. The highest BCUT2D eigenvalue weighted by Gasteiger charge is 2.28.